The molecule has 0 saturated heterocycles. The number of ether oxygens (including phenoxy) is 3. The summed E-state index contributed by atoms with van der Waals surface area (Å²) in [4.78, 5) is 46.3. The van der Waals surface area contributed by atoms with Gasteiger partial charge in [-0.25, -0.2) is 4.79 Å². The molecule has 0 aliphatic carbocycles. The molecule has 0 radical (unpaired) electrons. The first-order chi connectivity index (χ1) is 12.8. The van der Waals surface area contributed by atoms with E-state index in [0.717, 1.165) is 7.11 Å². The highest BCUT2D eigenvalue weighted by Gasteiger charge is 2.34. The number of carbonyl (C=O) groups excluding carboxylic acids is 3. The standard InChI is InChI=1S/C17H22N2O8/c1-4-27-10-14(20)18-16(17(22)26-3)13(9-15(21)25-2)11-5-7-12(8-6-11)19(23)24/h5-8,13,16H,4,9-10H2,1-3H3,(H,18,20)/t13-,16+/m1/s1. The molecule has 0 heterocycles. The van der Waals surface area contributed by atoms with Crippen LogP contribution < -0.4 is 5.32 Å². The molecule has 2 atom stereocenters. The Morgan fingerprint density at radius 2 is 1.78 bits per heavy atom. The van der Waals surface area contributed by atoms with E-state index in [0.29, 0.717) is 12.2 Å². The van der Waals surface area contributed by atoms with Gasteiger partial charge in [0.1, 0.15) is 12.6 Å². The zero-order valence-electron chi connectivity index (χ0n) is 15.3. The van der Waals surface area contributed by atoms with Gasteiger partial charge in [0.2, 0.25) is 5.91 Å². The van der Waals surface area contributed by atoms with Crippen LogP contribution in [0.15, 0.2) is 24.3 Å². The van der Waals surface area contributed by atoms with Gasteiger partial charge in [0.25, 0.3) is 5.69 Å². The van der Waals surface area contributed by atoms with Crippen LogP contribution in [0.2, 0.25) is 0 Å². The molecule has 27 heavy (non-hydrogen) atoms. The largest absolute Gasteiger partial charge is 0.469 e. The zero-order valence-corrected chi connectivity index (χ0v) is 15.3. The summed E-state index contributed by atoms with van der Waals surface area (Å²) < 4.78 is 14.4. The van der Waals surface area contributed by atoms with Crippen molar-refractivity contribution in [2.45, 2.75) is 25.3 Å². The fourth-order valence-electron chi connectivity index (χ4n) is 2.39. The van der Waals surface area contributed by atoms with E-state index < -0.39 is 34.7 Å². The Morgan fingerprint density at radius 1 is 1.15 bits per heavy atom. The first-order valence-electron chi connectivity index (χ1n) is 8.10. The van der Waals surface area contributed by atoms with Gasteiger partial charge in [-0.1, -0.05) is 12.1 Å². The molecule has 0 bridgehead atoms. The summed E-state index contributed by atoms with van der Waals surface area (Å²) in [6, 6.07) is 4.11. The fourth-order valence-corrected chi connectivity index (χ4v) is 2.39. The van der Waals surface area contributed by atoms with E-state index in [4.69, 9.17) is 9.47 Å². The van der Waals surface area contributed by atoms with Gasteiger partial charge >= 0.3 is 11.9 Å². The molecular weight excluding hydrogens is 360 g/mol. The molecule has 1 aromatic carbocycles. The number of benzene rings is 1. The Kier molecular flexibility index (Phi) is 8.86. The highest BCUT2D eigenvalue weighted by Crippen LogP contribution is 2.27. The summed E-state index contributed by atoms with van der Waals surface area (Å²) in [5, 5.41) is 13.3. The highest BCUT2D eigenvalue weighted by atomic mass is 16.6. The summed E-state index contributed by atoms with van der Waals surface area (Å²) in [6.07, 6.45) is -0.247. The molecule has 0 aliphatic rings. The number of rotatable bonds is 10. The SMILES string of the molecule is CCOCC(=O)N[C@H](C(=O)OC)[C@H](CC(=O)OC)c1ccc([N+](=O)[O-])cc1. The van der Waals surface area contributed by atoms with Crippen molar-refractivity contribution in [2.75, 3.05) is 27.4 Å². The molecule has 0 spiro atoms. The number of hydrogen-bond donors (Lipinski definition) is 1. The number of non-ortho nitro benzene ring substituents is 1. The maximum Gasteiger partial charge on any atom is 0.329 e. The van der Waals surface area contributed by atoms with Gasteiger partial charge in [-0.15, -0.1) is 0 Å². The Morgan fingerprint density at radius 3 is 2.26 bits per heavy atom. The van der Waals surface area contributed by atoms with Crippen LogP contribution in [0.4, 0.5) is 5.69 Å². The van der Waals surface area contributed by atoms with E-state index in [1.54, 1.807) is 6.92 Å². The number of methoxy groups -OCH3 is 2. The van der Waals surface area contributed by atoms with Crippen LogP contribution in [0.25, 0.3) is 0 Å². The van der Waals surface area contributed by atoms with Gasteiger partial charge in [0, 0.05) is 24.7 Å². The molecule has 0 saturated carbocycles. The van der Waals surface area contributed by atoms with Crippen LogP contribution in [-0.2, 0) is 28.6 Å². The second-order valence-electron chi connectivity index (χ2n) is 5.44. The second kappa shape index (κ2) is 10.9. The lowest BCUT2D eigenvalue weighted by atomic mass is 9.88. The Balaban J connectivity index is 3.20. The van der Waals surface area contributed by atoms with Crippen molar-refractivity contribution in [3.05, 3.63) is 39.9 Å². The summed E-state index contributed by atoms with van der Waals surface area (Å²) in [6.45, 7) is 1.75. The maximum absolute atomic E-state index is 12.2. The monoisotopic (exact) mass is 382 g/mol. The third kappa shape index (κ3) is 6.66. The predicted octanol–water partition coefficient (Wildman–Crippen LogP) is 0.936. The minimum Gasteiger partial charge on any atom is -0.469 e. The van der Waals surface area contributed by atoms with Crippen molar-refractivity contribution in [1.29, 1.82) is 0 Å². The van der Waals surface area contributed by atoms with Crippen molar-refractivity contribution >= 4 is 23.5 Å². The molecule has 10 nitrogen and oxygen atoms in total. The summed E-state index contributed by atoms with van der Waals surface area (Å²) in [7, 11) is 2.34. The molecule has 1 aromatic rings. The summed E-state index contributed by atoms with van der Waals surface area (Å²) >= 11 is 0. The Bertz CT molecular complexity index is 674. The van der Waals surface area contributed by atoms with Crippen molar-refractivity contribution in [3.8, 4) is 0 Å². The lowest BCUT2D eigenvalue weighted by Crippen LogP contribution is -2.47. The summed E-state index contributed by atoms with van der Waals surface area (Å²) in [5.41, 5.74) is 0.281. The van der Waals surface area contributed by atoms with Gasteiger partial charge < -0.3 is 19.5 Å². The quantitative estimate of drug-likeness (QED) is 0.359. The molecule has 1 N–H and O–H groups in total. The first-order valence-corrected chi connectivity index (χ1v) is 8.10. The minimum atomic E-state index is -1.21. The third-order valence-corrected chi connectivity index (χ3v) is 3.76. The molecule has 0 fully saturated rings. The van der Waals surface area contributed by atoms with Gasteiger partial charge in [-0.2, -0.15) is 0 Å². The smallest absolute Gasteiger partial charge is 0.329 e. The van der Waals surface area contributed by atoms with Crippen LogP contribution in [0.1, 0.15) is 24.8 Å². The number of nitro benzene ring substituents is 1. The first kappa shape index (κ1) is 22.0. The topological polar surface area (TPSA) is 134 Å². The number of nitrogens with zero attached hydrogens (tertiary/aromatic N) is 1. The van der Waals surface area contributed by atoms with Crippen molar-refractivity contribution in [2.24, 2.45) is 0 Å². The number of nitrogens with one attached hydrogen (secondary N) is 1. The van der Waals surface area contributed by atoms with Gasteiger partial charge in [-0.05, 0) is 12.5 Å². The third-order valence-electron chi connectivity index (χ3n) is 3.76. The minimum absolute atomic E-state index is 0.148. The number of hydrogen-bond acceptors (Lipinski definition) is 8. The van der Waals surface area contributed by atoms with Crippen molar-refractivity contribution in [3.63, 3.8) is 0 Å². The Labute approximate surface area is 155 Å². The predicted molar refractivity (Wildman–Crippen MR) is 92.9 cm³/mol. The van der Waals surface area contributed by atoms with Crippen LogP contribution in [-0.4, -0.2) is 56.2 Å². The van der Waals surface area contributed by atoms with E-state index in [1.165, 1.54) is 31.4 Å². The van der Waals surface area contributed by atoms with Gasteiger partial charge in [-0.3, -0.25) is 19.7 Å². The normalized spacial score (nSPS) is 12.6. The van der Waals surface area contributed by atoms with Crippen LogP contribution >= 0.6 is 0 Å². The molecule has 148 valence electrons. The fraction of sp³-hybridized carbons (Fsp3) is 0.471. The molecule has 1 amide bonds. The number of nitro groups is 1. The highest BCUT2D eigenvalue weighted by molar-refractivity contribution is 5.86. The summed E-state index contributed by atoms with van der Waals surface area (Å²) in [5.74, 6) is -2.81. The van der Waals surface area contributed by atoms with E-state index in [9.17, 15) is 24.5 Å². The number of esters is 2. The number of amides is 1. The van der Waals surface area contributed by atoms with Crippen LogP contribution in [0.3, 0.4) is 0 Å². The van der Waals surface area contributed by atoms with Crippen molar-refractivity contribution in [1.82, 2.24) is 5.32 Å². The van der Waals surface area contributed by atoms with Gasteiger partial charge in [0.15, 0.2) is 0 Å². The molecule has 0 unspecified atom stereocenters. The average molecular weight is 382 g/mol. The lowest BCUT2D eigenvalue weighted by molar-refractivity contribution is -0.384. The van der Waals surface area contributed by atoms with Crippen molar-refractivity contribution < 1.29 is 33.5 Å². The average Bonchev–Trinajstić information content (AvgIpc) is 2.68. The van der Waals surface area contributed by atoms with E-state index >= 15 is 0 Å². The molecule has 0 aromatic heterocycles. The maximum atomic E-state index is 12.2. The Hall–Kier alpha value is -3.01. The van der Waals surface area contributed by atoms with Crippen LogP contribution in [0.5, 0.6) is 0 Å². The molecule has 0 aliphatic heterocycles. The molecule has 10 heteroatoms. The van der Waals surface area contributed by atoms with E-state index in [2.05, 4.69) is 10.1 Å². The zero-order chi connectivity index (χ0) is 20.4. The van der Waals surface area contributed by atoms with E-state index in [-0.39, 0.29) is 18.7 Å². The number of carbonyl (C=O) groups is 3. The van der Waals surface area contributed by atoms with E-state index in [1.807, 2.05) is 0 Å². The lowest BCUT2D eigenvalue weighted by Gasteiger charge is -2.25. The van der Waals surface area contributed by atoms with Crippen LogP contribution in [0, 0.1) is 10.1 Å². The van der Waals surface area contributed by atoms with Gasteiger partial charge in [0.05, 0.1) is 25.6 Å². The molecular formula is C17H22N2O8. The second-order valence-corrected chi connectivity index (χ2v) is 5.44. The molecule has 1 rings (SSSR count).